The zero-order chi connectivity index (χ0) is 25.1. The summed E-state index contributed by atoms with van der Waals surface area (Å²) in [6.07, 6.45) is -0.283. The van der Waals surface area contributed by atoms with Gasteiger partial charge in [0.2, 0.25) is 11.1 Å². The lowest BCUT2D eigenvalue weighted by molar-refractivity contribution is -0.143. The summed E-state index contributed by atoms with van der Waals surface area (Å²) >= 11 is 7.78. The molecule has 0 saturated carbocycles. The molecule has 1 aliphatic rings. The number of hydrogen-bond donors (Lipinski definition) is 1. The number of hydrogen-bond acceptors (Lipinski definition) is 8. The standard InChI is InChI=1S/C25H27ClN4O4S/c1-14(2)34-23(31)21-15(3)27-24-28-25(35-13-16-8-6-7-9-19(16)26)29-30(24)22(21)18-12-17(32-4)10-11-20(18)33-5/h6-12,14,22H,13H2,1-5H3,(H,27,28,29). The lowest BCUT2D eigenvalue weighted by Gasteiger charge is -2.29. The molecule has 0 amide bonds. The van der Waals surface area contributed by atoms with Gasteiger partial charge in [0.05, 0.1) is 25.9 Å². The Balaban J connectivity index is 1.78. The van der Waals surface area contributed by atoms with Crippen molar-refractivity contribution < 1.29 is 19.0 Å². The van der Waals surface area contributed by atoms with Gasteiger partial charge in [0, 0.05) is 22.0 Å². The maximum Gasteiger partial charge on any atom is 0.338 e. The van der Waals surface area contributed by atoms with Crippen molar-refractivity contribution in [2.45, 2.75) is 43.8 Å². The van der Waals surface area contributed by atoms with Crippen LogP contribution in [0.5, 0.6) is 11.5 Å². The smallest absolute Gasteiger partial charge is 0.338 e. The molecule has 0 saturated heterocycles. The highest BCUT2D eigenvalue weighted by Crippen LogP contribution is 2.42. The normalized spacial score (nSPS) is 15.0. The Labute approximate surface area is 213 Å². The molecule has 0 spiro atoms. The number of methoxy groups -OCH3 is 2. The molecule has 35 heavy (non-hydrogen) atoms. The van der Waals surface area contributed by atoms with Gasteiger partial charge in [-0.05, 0) is 50.6 Å². The topological polar surface area (TPSA) is 87.5 Å². The molecule has 1 aromatic heterocycles. The number of nitrogens with one attached hydrogen (secondary N) is 1. The highest BCUT2D eigenvalue weighted by molar-refractivity contribution is 7.98. The predicted molar refractivity (Wildman–Crippen MR) is 136 cm³/mol. The molecule has 0 radical (unpaired) electrons. The summed E-state index contributed by atoms with van der Waals surface area (Å²) < 4.78 is 18.4. The number of aromatic nitrogens is 3. The molecule has 8 nitrogen and oxygen atoms in total. The number of anilines is 1. The minimum Gasteiger partial charge on any atom is -0.497 e. The molecule has 4 rings (SSSR count). The summed E-state index contributed by atoms with van der Waals surface area (Å²) in [5, 5.41) is 9.21. The van der Waals surface area contributed by atoms with Crippen LogP contribution in [0.4, 0.5) is 5.95 Å². The van der Waals surface area contributed by atoms with Gasteiger partial charge in [-0.15, -0.1) is 5.10 Å². The third kappa shape index (κ3) is 5.26. The first-order valence-corrected chi connectivity index (χ1v) is 12.4. The minimum absolute atomic E-state index is 0.283. The fourth-order valence-electron chi connectivity index (χ4n) is 3.83. The van der Waals surface area contributed by atoms with E-state index in [9.17, 15) is 4.79 Å². The van der Waals surface area contributed by atoms with E-state index in [1.54, 1.807) is 31.0 Å². The molecule has 1 atom stereocenters. The molecule has 0 fully saturated rings. The summed E-state index contributed by atoms with van der Waals surface area (Å²) in [5.74, 6) is 1.90. The van der Waals surface area contributed by atoms with Crippen molar-refractivity contribution in [2.75, 3.05) is 19.5 Å². The first-order valence-electron chi connectivity index (χ1n) is 11.1. The number of benzene rings is 2. The van der Waals surface area contributed by atoms with Gasteiger partial charge in [-0.25, -0.2) is 9.48 Å². The third-order valence-electron chi connectivity index (χ3n) is 5.44. The van der Waals surface area contributed by atoms with Crippen molar-refractivity contribution in [3.05, 3.63) is 69.9 Å². The SMILES string of the molecule is COc1ccc(OC)c(C2C(C(=O)OC(C)C)=C(C)Nc3nc(SCc4ccccc4Cl)nn32)c1. The number of thioether (sulfide) groups is 1. The van der Waals surface area contributed by atoms with Crippen LogP contribution in [-0.4, -0.2) is 41.1 Å². The summed E-state index contributed by atoms with van der Waals surface area (Å²) in [5.41, 5.74) is 2.75. The number of rotatable bonds is 8. The first-order chi connectivity index (χ1) is 16.8. The van der Waals surface area contributed by atoms with Crippen LogP contribution < -0.4 is 14.8 Å². The van der Waals surface area contributed by atoms with Crippen LogP contribution in [0.2, 0.25) is 5.02 Å². The summed E-state index contributed by atoms with van der Waals surface area (Å²) in [7, 11) is 3.18. The number of carbonyl (C=O) groups is 1. The molecule has 2 aromatic carbocycles. The summed E-state index contributed by atoms with van der Waals surface area (Å²) in [6, 6.07) is 12.5. The predicted octanol–water partition coefficient (Wildman–Crippen LogP) is 5.48. The highest BCUT2D eigenvalue weighted by atomic mass is 35.5. The van der Waals surface area contributed by atoms with Gasteiger partial charge in [0.25, 0.3) is 0 Å². The molecule has 2 heterocycles. The van der Waals surface area contributed by atoms with Crippen molar-refractivity contribution in [3.63, 3.8) is 0 Å². The molecule has 1 N–H and O–H groups in total. The van der Waals surface area contributed by atoms with Gasteiger partial charge in [0.1, 0.15) is 17.5 Å². The monoisotopic (exact) mass is 514 g/mol. The molecular weight excluding hydrogens is 488 g/mol. The average Bonchev–Trinajstić information content (AvgIpc) is 3.24. The van der Waals surface area contributed by atoms with Crippen LogP contribution >= 0.6 is 23.4 Å². The lowest BCUT2D eigenvalue weighted by Crippen LogP contribution is -2.30. The molecule has 0 bridgehead atoms. The van der Waals surface area contributed by atoms with Crippen LogP contribution in [-0.2, 0) is 15.3 Å². The third-order valence-corrected chi connectivity index (χ3v) is 6.70. The number of nitrogens with zero attached hydrogens (tertiary/aromatic N) is 3. The van der Waals surface area contributed by atoms with Crippen LogP contribution in [0.1, 0.15) is 37.9 Å². The number of halogens is 1. The molecule has 1 unspecified atom stereocenters. The van der Waals surface area contributed by atoms with E-state index in [-0.39, 0.29) is 6.10 Å². The van der Waals surface area contributed by atoms with E-state index in [0.717, 1.165) is 5.56 Å². The van der Waals surface area contributed by atoms with Crippen molar-refractivity contribution in [1.82, 2.24) is 14.8 Å². The second kappa shape index (κ2) is 10.6. The van der Waals surface area contributed by atoms with E-state index in [1.807, 2.05) is 51.1 Å². The number of allylic oxidation sites excluding steroid dienone is 1. The van der Waals surface area contributed by atoms with E-state index < -0.39 is 12.0 Å². The summed E-state index contributed by atoms with van der Waals surface area (Å²) in [6.45, 7) is 5.45. The van der Waals surface area contributed by atoms with Gasteiger partial charge >= 0.3 is 5.97 Å². The summed E-state index contributed by atoms with van der Waals surface area (Å²) in [4.78, 5) is 17.9. The highest BCUT2D eigenvalue weighted by Gasteiger charge is 2.37. The van der Waals surface area contributed by atoms with Gasteiger partial charge in [0.15, 0.2) is 0 Å². The van der Waals surface area contributed by atoms with Gasteiger partial charge in [-0.2, -0.15) is 4.98 Å². The van der Waals surface area contributed by atoms with E-state index in [2.05, 4.69) is 10.3 Å². The quantitative estimate of drug-likeness (QED) is 0.312. The van der Waals surface area contributed by atoms with Crippen molar-refractivity contribution in [3.8, 4) is 11.5 Å². The van der Waals surface area contributed by atoms with Crippen molar-refractivity contribution in [2.24, 2.45) is 0 Å². The molecule has 10 heteroatoms. The first kappa shape index (κ1) is 24.9. The Kier molecular flexibility index (Phi) is 7.57. The van der Waals surface area contributed by atoms with Crippen LogP contribution in [0.15, 0.2) is 58.9 Å². The zero-order valence-corrected chi connectivity index (χ0v) is 21.7. The maximum atomic E-state index is 13.2. The minimum atomic E-state index is -0.635. The fraction of sp³-hybridized carbons (Fsp3) is 0.320. The Morgan fingerprint density at radius 3 is 2.66 bits per heavy atom. The largest absolute Gasteiger partial charge is 0.497 e. The van der Waals surface area contributed by atoms with E-state index in [0.29, 0.717) is 50.2 Å². The van der Waals surface area contributed by atoms with E-state index in [4.69, 9.17) is 30.9 Å². The second-order valence-electron chi connectivity index (χ2n) is 8.17. The number of fused-ring (bicyclic) bond motifs is 1. The van der Waals surface area contributed by atoms with E-state index >= 15 is 0 Å². The zero-order valence-electron chi connectivity index (χ0n) is 20.2. The Bertz CT molecular complexity index is 1270. The number of ether oxygens (including phenoxy) is 3. The average molecular weight is 515 g/mol. The van der Waals surface area contributed by atoms with Gasteiger partial charge in [-0.3, -0.25) is 0 Å². The fourth-order valence-corrected chi connectivity index (χ4v) is 4.95. The molecule has 184 valence electrons. The Morgan fingerprint density at radius 1 is 1.20 bits per heavy atom. The molecular formula is C25H27ClN4O4S. The molecule has 0 aliphatic carbocycles. The lowest BCUT2D eigenvalue weighted by atomic mass is 9.94. The van der Waals surface area contributed by atoms with Crippen molar-refractivity contribution in [1.29, 1.82) is 0 Å². The number of carbonyl (C=O) groups excluding carboxylic acids is 1. The van der Waals surface area contributed by atoms with Crippen LogP contribution in [0.25, 0.3) is 0 Å². The number of esters is 1. The molecule has 1 aliphatic heterocycles. The maximum absolute atomic E-state index is 13.2. The van der Waals surface area contributed by atoms with Gasteiger partial charge < -0.3 is 19.5 Å². The Hall–Kier alpha value is -3.17. The van der Waals surface area contributed by atoms with E-state index in [1.165, 1.54) is 11.8 Å². The van der Waals surface area contributed by atoms with Crippen LogP contribution in [0.3, 0.4) is 0 Å². The Morgan fingerprint density at radius 2 is 1.97 bits per heavy atom. The molecule has 3 aromatic rings. The van der Waals surface area contributed by atoms with Gasteiger partial charge in [-0.1, -0.05) is 41.6 Å². The van der Waals surface area contributed by atoms with Crippen LogP contribution in [0, 0.1) is 0 Å². The second-order valence-corrected chi connectivity index (χ2v) is 9.52. The van der Waals surface area contributed by atoms with Crippen molar-refractivity contribution >= 4 is 35.3 Å².